The van der Waals surface area contributed by atoms with Crippen molar-refractivity contribution in [2.24, 2.45) is 0 Å². The molecular weight excluding hydrogens is 300 g/mol. The Morgan fingerprint density at radius 3 is 2.88 bits per heavy atom. The Morgan fingerprint density at radius 1 is 1.29 bits per heavy atom. The summed E-state index contributed by atoms with van der Waals surface area (Å²) in [4.78, 5) is 14.2. The third kappa shape index (κ3) is 4.23. The molecule has 5 heteroatoms. The highest BCUT2D eigenvalue weighted by molar-refractivity contribution is 5.81. The minimum Gasteiger partial charge on any atom is -0.344 e. The average molecular weight is 326 g/mol. The molecule has 0 bridgehead atoms. The number of nitrogens with zero attached hydrogens (tertiary/aromatic N) is 2. The molecule has 1 aliphatic heterocycles. The first-order valence-corrected chi connectivity index (χ1v) is 8.82. The van der Waals surface area contributed by atoms with Crippen LogP contribution in [0.25, 0.3) is 11.3 Å². The van der Waals surface area contributed by atoms with Gasteiger partial charge < -0.3 is 10.2 Å². The van der Waals surface area contributed by atoms with E-state index in [0.29, 0.717) is 0 Å². The number of carbonyl (C=O) groups excluding carboxylic acids is 1. The van der Waals surface area contributed by atoms with Gasteiger partial charge in [-0.1, -0.05) is 36.8 Å². The summed E-state index contributed by atoms with van der Waals surface area (Å²) in [7, 11) is 1.90. The second-order valence-corrected chi connectivity index (χ2v) is 6.51. The van der Waals surface area contributed by atoms with Crippen LogP contribution in [0.5, 0.6) is 0 Å². The van der Waals surface area contributed by atoms with Crippen molar-refractivity contribution in [2.45, 2.75) is 38.1 Å². The van der Waals surface area contributed by atoms with Gasteiger partial charge in [-0.05, 0) is 38.3 Å². The number of nitrogens with one attached hydrogen (secondary N) is 2. The van der Waals surface area contributed by atoms with Gasteiger partial charge in [0.05, 0.1) is 11.7 Å². The van der Waals surface area contributed by atoms with Crippen molar-refractivity contribution >= 4 is 5.91 Å². The van der Waals surface area contributed by atoms with Crippen LogP contribution in [0, 0.1) is 0 Å². The molecule has 1 fully saturated rings. The number of rotatable bonds is 6. The van der Waals surface area contributed by atoms with E-state index in [4.69, 9.17) is 0 Å². The summed E-state index contributed by atoms with van der Waals surface area (Å²) in [6, 6.07) is 12.3. The minimum absolute atomic E-state index is 0.0144. The number of H-pyrrole nitrogens is 1. The first kappa shape index (κ1) is 16.7. The van der Waals surface area contributed by atoms with Gasteiger partial charge in [-0.25, -0.2) is 0 Å². The van der Waals surface area contributed by atoms with Gasteiger partial charge in [0.2, 0.25) is 5.91 Å². The highest BCUT2D eigenvalue weighted by Gasteiger charge is 2.23. The lowest BCUT2D eigenvalue weighted by Gasteiger charge is -2.27. The fraction of sp³-hybridized carbons (Fsp3) is 0.474. The van der Waals surface area contributed by atoms with Crippen LogP contribution in [0.15, 0.2) is 36.4 Å². The first-order valence-electron chi connectivity index (χ1n) is 8.82. The number of aromatic amines is 1. The molecule has 3 rings (SSSR count). The van der Waals surface area contributed by atoms with Crippen LogP contribution < -0.4 is 5.32 Å². The Hall–Kier alpha value is -2.14. The van der Waals surface area contributed by atoms with E-state index in [1.807, 2.05) is 30.1 Å². The maximum Gasteiger partial charge on any atom is 0.239 e. The molecule has 5 nitrogen and oxygen atoms in total. The number of aromatic nitrogens is 2. The predicted molar refractivity (Wildman–Crippen MR) is 95.6 cm³/mol. The van der Waals surface area contributed by atoms with Gasteiger partial charge in [-0.3, -0.25) is 9.89 Å². The Balaban J connectivity index is 1.46. The molecule has 0 unspecified atom stereocenters. The molecular formula is C19H26N4O. The summed E-state index contributed by atoms with van der Waals surface area (Å²) in [5.74, 6) is 0.226. The van der Waals surface area contributed by atoms with Gasteiger partial charge in [0.15, 0.2) is 0 Å². The topological polar surface area (TPSA) is 61.0 Å². The molecule has 128 valence electrons. The second kappa shape index (κ2) is 8.11. The quantitative estimate of drug-likeness (QED) is 0.858. The summed E-state index contributed by atoms with van der Waals surface area (Å²) in [6.07, 6.45) is 5.12. The van der Waals surface area contributed by atoms with E-state index in [1.165, 1.54) is 6.42 Å². The van der Waals surface area contributed by atoms with E-state index < -0.39 is 0 Å². The molecule has 0 aliphatic carbocycles. The van der Waals surface area contributed by atoms with Crippen molar-refractivity contribution in [1.29, 1.82) is 0 Å². The van der Waals surface area contributed by atoms with E-state index in [1.54, 1.807) is 0 Å². The minimum atomic E-state index is 0.0144. The van der Waals surface area contributed by atoms with Gasteiger partial charge in [-0.15, -0.1) is 0 Å². The molecule has 1 atom stereocenters. The second-order valence-electron chi connectivity index (χ2n) is 6.51. The lowest BCUT2D eigenvalue weighted by Crippen LogP contribution is -2.47. The van der Waals surface area contributed by atoms with Crippen LogP contribution in [-0.4, -0.2) is 47.2 Å². The SMILES string of the molecule is CN(CCCc1cc(-c2ccccc2)n[nH]1)C(=O)[C@@H]1CCCCN1. The van der Waals surface area contributed by atoms with Crippen LogP contribution in [0.1, 0.15) is 31.4 Å². The predicted octanol–water partition coefficient (Wildman–Crippen LogP) is 2.61. The Bertz CT molecular complexity index is 646. The third-order valence-corrected chi connectivity index (χ3v) is 4.62. The van der Waals surface area contributed by atoms with E-state index in [0.717, 1.165) is 55.7 Å². The van der Waals surface area contributed by atoms with Crippen LogP contribution in [-0.2, 0) is 11.2 Å². The molecule has 1 saturated heterocycles. The maximum absolute atomic E-state index is 12.4. The fourth-order valence-corrected chi connectivity index (χ4v) is 3.19. The number of benzene rings is 1. The van der Waals surface area contributed by atoms with Gasteiger partial charge in [0.25, 0.3) is 0 Å². The van der Waals surface area contributed by atoms with Crippen molar-refractivity contribution < 1.29 is 4.79 Å². The summed E-state index contributed by atoms with van der Waals surface area (Å²) < 4.78 is 0. The number of likely N-dealkylation sites (N-methyl/N-ethyl adjacent to an activating group) is 1. The van der Waals surface area contributed by atoms with Gasteiger partial charge in [0.1, 0.15) is 0 Å². The summed E-state index contributed by atoms with van der Waals surface area (Å²) in [6.45, 7) is 1.73. The third-order valence-electron chi connectivity index (χ3n) is 4.62. The van der Waals surface area contributed by atoms with Gasteiger partial charge in [0, 0.05) is 24.8 Å². The highest BCUT2D eigenvalue weighted by Crippen LogP contribution is 2.17. The molecule has 2 N–H and O–H groups in total. The van der Waals surface area contributed by atoms with Crippen LogP contribution >= 0.6 is 0 Å². The first-order chi connectivity index (χ1) is 11.7. The van der Waals surface area contributed by atoms with Crippen LogP contribution in [0.3, 0.4) is 0 Å². The van der Waals surface area contributed by atoms with Crippen molar-refractivity contribution in [2.75, 3.05) is 20.1 Å². The number of amides is 1. The van der Waals surface area contributed by atoms with Crippen molar-refractivity contribution in [3.05, 3.63) is 42.1 Å². The standard InChI is InChI=1S/C19H26N4O/c1-23(19(24)17-11-5-6-12-20-17)13-7-10-16-14-18(22-21-16)15-8-3-2-4-9-15/h2-4,8-9,14,17,20H,5-7,10-13H2,1H3,(H,21,22)/t17-/m0/s1. The molecule has 0 spiro atoms. The van der Waals surface area contributed by atoms with E-state index in [-0.39, 0.29) is 11.9 Å². The van der Waals surface area contributed by atoms with Gasteiger partial charge >= 0.3 is 0 Å². The van der Waals surface area contributed by atoms with Crippen molar-refractivity contribution in [3.8, 4) is 11.3 Å². The van der Waals surface area contributed by atoms with Crippen LogP contribution in [0.4, 0.5) is 0 Å². The zero-order valence-electron chi connectivity index (χ0n) is 14.3. The Labute approximate surface area is 143 Å². The van der Waals surface area contributed by atoms with Crippen molar-refractivity contribution in [1.82, 2.24) is 20.4 Å². The van der Waals surface area contributed by atoms with Gasteiger partial charge in [-0.2, -0.15) is 5.10 Å². The molecule has 0 radical (unpaired) electrons. The Morgan fingerprint density at radius 2 is 2.12 bits per heavy atom. The normalized spacial score (nSPS) is 17.6. The number of aryl methyl sites for hydroxylation is 1. The molecule has 0 saturated carbocycles. The number of hydrogen-bond donors (Lipinski definition) is 2. The molecule has 1 aromatic carbocycles. The summed E-state index contributed by atoms with van der Waals surface area (Å²) >= 11 is 0. The zero-order chi connectivity index (χ0) is 16.8. The number of carbonyl (C=O) groups is 1. The van der Waals surface area contributed by atoms with E-state index in [9.17, 15) is 4.79 Å². The maximum atomic E-state index is 12.4. The molecule has 24 heavy (non-hydrogen) atoms. The summed E-state index contributed by atoms with van der Waals surface area (Å²) in [5.41, 5.74) is 3.21. The average Bonchev–Trinajstić information content (AvgIpc) is 3.11. The Kier molecular flexibility index (Phi) is 5.64. The smallest absolute Gasteiger partial charge is 0.239 e. The van der Waals surface area contributed by atoms with Crippen LogP contribution in [0.2, 0.25) is 0 Å². The molecule has 2 heterocycles. The molecule has 1 amide bonds. The highest BCUT2D eigenvalue weighted by atomic mass is 16.2. The lowest BCUT2D eigenvalue weighted by atomic mass is 10.0. The molecule has 2 aromatic rings. The summed E-state index contributed by atoms with van der Waals surface area (Å²) in [5, 5.41) is 10.8. The fourth-order valence-electron chi connectivity index (χ4n) is 3.19. The van der Waals surface area contributed by atoms with E-state index >= 15 is 0 Å². The van der Waals surface area contributed by atoms with E-state index in [2.05, 4.69) is 33.7 Å². The zero-order valence-corrected chi connectivity index (χ0v) is 14.3. The molecule has 1 aliphatic rings. The number of piperidine rings is 1. The largest absolute Gasteiger partial charge is 0.344 e. The molecule has 1 aromatic heterocycles. The monoisotopic (exact) mass is 326 g/mol. The van der Waals surface area contributed by atoms with Crippen molar-refractivity contribution in [3.63, 3.8) is 0 Å². The lowest BCUT2D eigenvalue weighted by molar-refractivity contribution is -0.132. The number of hydrogen-bond acceptors (Lipinski definition) is 3.